The van der Waals surface area contributed by atoms with Crippen LogP contribution in [0.2, 0.25) is 0 Å². The first-order valence-corrected chi connectivity index (χ1v) is 7.56. The molecule has 0 radical (unpaired) electrons. The van der Waals surface area contributed by atoms with Crippen molar-refractivity contribution >= 4 is 11.0 Å². The second kappa shape index (κ2) is 5.78. The Morgan fingerprint density at radius 1 is 1.17 bits per heavy atom. The molecule has 3 heterocycles. The number of aromatic amines is 1. The van der Waals surface area contributed by atoms with Crippen molar-refractivity contribution in [3.8, 4) is 16.8 Å². The van der Waals surface area contributed by atoms with E-state index in [-0.39, 0.29) is 12.2 Å². The number of hydrogen-bond donors (Lipinski definition) is 2. The van der Waals surface area contributed by atoms with E-state index >= 15 is 0 Å². The SMILES string of the molecule is O=c1[nH]cnc2c(-c3cnn(CCO)c3)cn(-c3ccccc3)c12. The number of rotatable bonds is 4. The van der Waals surface area contributed by atoms with E-state index in [1.54, 1.807) is 10.9 Å². The van der Waals surface area contributed by atoms with E-state index in [4.69, 9.17) is 5.11 Å². The summed E-state index contributed by atoms with van der Waals surface area (Å²) in [7, 11) is 0. The molecule has 0 saturated carbocycles. The fraction of sp³-hybridized carbons (Fsp3) is 0.118. The lowest BCUT2D eigenvalue weighted by atomic mass is 10.2. The molecule has 0 saturated heterocycles. The van der Waals surface area contributed by atoms with Crippen LogP contribution in [0.15, 0.2) is 60.0 Å². The molecule has 0 aliphatic carbocycles. The zero-order valence-corrected chi connectivity index (χ0v) is 12.8. The van der Waals surface area contributed by atoms with Gasteiger partial charge in [0, 0.05) is 29.2 Å². The van der Waals surface area contributed by atoms with Gasteiger partial charge in [-0.15, -0.1) is 0 Å². The quantitative estimate of drug-likeness (QED) is 0.597. The molecule has 120 valence electrons. The fourth-order valence-corrected chi connectivity index (χ4v) is 2.80. The highest BCUT2D eigenvalue weighted by Crippen LogP contribution is 2.29. The second-order valence-corrected chi connectivity index (χ2v) is 5.39. The molecule has 0 aliphatic rings. The fourth-order valence-electron chi connectivity index (χ4n) is 2.80. The summed E-state index contributed by atoms with van der Waals surface area (Å²) in [5.74, 6) is 0. The first-order chi connectivity index (χ1) is 11.8. The lowest BCUT2D eigenvalue weighted by molar-refractivity contribution is 0.269. The van der Waals surface area contributed by atoms with E-state index in [0.29, 0.717) is 17.6 Å². The number of aromatic nitrogens is 5. The molecule has 4 rings (SSSR count). The number of hydrogen-bond acceptors (Lipinski definition) is 4. The Morgan fingerprint density at radius 2 is 2.00 bits per heavy atom. The smallest absolute Gasteiger partial charge is 0.275 e. The molecule has 0 bridgehead atoms. The Labute approximate surface area is 136 Å². The van der Waals surface area contributed by atoms with Crippen molar-refractivity contribution in [3.63, 3.8) is 0 Å². The van der Waals surface area contributed by atoms with Crippen LogP contribution in [0, 0.1) is 0 Å². The van der Waals surface area contributed by atoms with Gasteiger partial charge in [0.1, 0.15) is 11.0 Å². The molecule has 0 atom stereocenters. The molecule has 1 aromatic carbocycles. The van der Waals surface area contributed by atoms with Gasteiger partial charge in [0.2, 0.25) is 0 Å². The van der Waals surface area contributed by atoms with Crippen molar-refractivity contribution in [2.75, 3.05) is 6.61 Å². The van der Waals surface area contributed by atoms with Crippen molar-refractivity contribution in [3.05, 3.63) is 65.6 Å². The Hall–Kier alpha value is -3.19. The zero-order valence-electron chi connectivity index (χ0n) is 12.8. The second-order valence-electron chi connectivity index (χ2n) is 5.39. The first-order valence-electron chi connectivity index (χ1n) is 7.56. The minimum absolute atomic E-state index is 0.0187. The number of nitrogens with one attached hydrogen (secondary N) is 1. The lowest BCUT2D eigenvalue weighted by Crippen LogP contribution is -2.09. The molecule has 24 heavy (non-hydrogen) atoms. The molecule has 7 heteroatoms. The van der Waals surface area contributed by atoms with Crippen LogP contribution in [0.4, 0.5) is 0 Å². The van der Waals surface area contributed by atoms with Crippen LogP contribution in [-0.2, 0) is 6.54 Å². The van der Waals surface area contributed by atoms with Crippen LogP contribution >= 0.6 is 0 Å². The first kappa shape index (κ1) is 14.4. The van der Waals surface area contributed by atoms with E-state index in [0.717, 1.165) is 16.8 Å². The molecular formula is C17H15N5O2. The lowest BCUT2D eigenvalue weighted by Gasteiger charge is -2.03. The number of nitrogens with zero attached hydrogens (tertiary/aromatic N) is 4. The molecule has 0 spiro atoms. The van der Waals surface area contributed by atoms with Crippen LogP contribution < -0.4 is 5.56 Å². The van der Waals surface area contributed by atoms with E-state index < -0.39 is 0 Å². The Balaban J connectivity index is 1.97. The van der Waals surface area contributed by atoms with Gasteiger partial charge in [-0.05, 0) is 12.1 Å². The van der Waals surface area contributed by atoms with Crippen LogP contribution in [0.25, 0.3) is 27.8 Å². The summed E-state index contributed by atoms with van der Waals surface area (Å²) in [6.07, 6.45) is 6.84. The Morgan fingerprint density at radius 3 is 2.79 bits per heavy atom. The van der Waals surface area contributed by atoms with Crippen molar-refractivity contribution in [1.29, 1.82) is 0 Å². The van der Waals surface area contributed by atoms with E-state index in [2.05, 4.69) is 15.1 Å². The van der Waals surface area contributed by atoms with Crippen LogP contribution in [-0.4, -0.2) is 36.0 Å². The number of aliphatic hydroxyl groups is 1. The number of benzene rings is 1. The molecule has 0 aliphatic heterocycles. The maximum atomic E-state index is 12.4. The van der Waals surface area contributed by atoms with E-state index in [1.807, 2.05) is 47.3 Å². The molecule has 7 nitrogen and oxygen atoms in total. The van der Waals surface area contributed by atoms with Crippen LogP contribution in [0.5, 0.6) is 0 Å². The molecule has 0 fully saturated rings. The summed E-state index contributed by atoms with van der Waals surface area (Å²) in [5, 5.41) is 13.3. The maximum absolute atomic E-state index is 12.4. The van der Waals surface area contributed by atoms with Crippen molar-refractivity contribution in [1.82, 2.24) is 24.3 Å². The van der Waals surface area contributed by atoms with Gasteiger partial charge in [0.05, 0.1) is 25.7 Å². The van der Waals surface area contributed by atoms with Gasteiger partial charge in [-0.3, -0.25) is 9.48 Å². The minimum Gasteiger partial charge on any atom is -0.394 e. The third kappa shape index (κ3) is 2.31. The summed E-state index contributed by atoms with van der Waals surface area (Å²) < 4.78 is 3.49. The third-order valence-corrected chi connectivity index (χ3v) is 3.89. The minimum atomic E-state index is -0.196. The highest BCUT2D eigenvalue weighted by Gasteiger charge is 2.16. The van der Waals surface area contributed by atoms with Gasteiger partial charge in [-0.1, -0.05) is 18.2 Å². The van der Waals surface area contributed by atoms with Crippen LogP contribution in [0.3, 0.4) is 0 Å². The van der Waals surface area contributed by atoms with Gasteiger partial charge >= 0.3 is 0 Å². The monoisotopic (exact) mass is 321 g/mol. The number of aliphatic hydroxyl groups excluding tert-OH is 1. The van der Waals surface area contributed by atoms with Crippen LogP contribution in [0.1, 0.15) is 0 Å². The van der Waals surface area contributed by atoms with Gasteiger partial charge in [-0.2, -0.15) is 5.10 Å². The van der Waals surface area contributed by atoms with Crippen molar-refractivity contribution in [2.24, 2.45) is 0 Å². The van der Waals surface area contributed by atoms with E-state index in [9.17, 15) is 4.79 Å². The third-order valence-electron chi connectivity index (χ3n) is 3.89. The predicted molar refractivity (Wildman–Crippen MR) is 90.0 cm³/mol. The van der Waals surface area contributed by atoms with Gasteiger partial charge in [0.25, 0.3) is 5.56 Å². The normalized spacial score (nSPS) is 11.2. The molecule has 0 amide bonds. The van der Waals surface area contributed by atoms with Crippen molar-refractivity contribution in [2.45, 2.75) is 6.54 Å². The van der Waals surface area contributed by atoms with Gasteiger partial charge < -0.3 is 14.7 Å². The summed E-state index contributed by atoms with van der Waals surface area (Å²) in [4.78, 5) is 19.3. The molecular weight excluding hydrogens is 306 g/mol. The molecule has 0 unspecified atom stereocenters. The maximum Gasteiger partial charge on any atom is 0.275 e. The largest absolute Gasteiger partial charge is 0.394 e. The average molecular weight is 321 g/mol. The zero-order chi connectivity index (χ0) is 16.5. The highest BCUT2D eigenvalue weighted by atomic mass is 16.3. The van der Waals surface area contributed by atoms with E-state index in [1.165, 1.54) is 6.33 Å². The topological polar surface area (TPSA) is 88.7 Å². The molecule has 3 aromatic heterocycles. The molecule has 2 N–H and O–H groups in total. The summed E-state index contributed by atoms with van der Waals surface area (Å²) in [5.41, 5.74) is 3.47. The number of fused-ring (bicyclic) bond motifs is 1. The number of H-pyrrole nitrogens is 1. The summed E-state index contributed by atoms with van der Waals surface area (Å²) in [6, 6.07) is 9.64. The van der Waals surface area contributed by atoms with Crippen molar-refractivity contribution < 1.29 is 5.11 Å². The highest BCUT2D eigenvalue weighted by molar-refractivity contribution is 5.93. The average Bonchev–Trinajstić information content (AvgIpc) is 3.21. The standard InChI is InChI=1S/C17H15N5O2/c23-7-6-21-9-12(8-20-21)14-10-22(13-4-2-1-3-5-13)16-15(14)18-11-19-17(16)24/h1-5,8-11,23H,6-7H2,(H,18,19,24). The Kier molecular flexibility index (Phi) is 3.47. The van der Waals surface area contributed by atoms with Gasteiger partial charge in [0.15, 0.2) is 0 Å². The summed E-state index contributed by atoms with van der Waals surface area (Å²) >= 11 is 0. The Bertz CT molecular complexity index is 1050. The summed E-state index contributed by atoms with van der Waals surface area (Å²) in [6.45, 7) is 0.441. The predicted octanol–water partition coefficient (Wildman–Crippen LogP) is 1.57. The van der Waals surface area contributed by atoms with Gasteiger partial charge in [-0.25, -0.2) is 4.98 Å². The molecule has 4 aromatic rings. The number of para-hydroxylation sites is 1.